The summed E-state index contributed by atoms with van der Waals surface area (Å²) in [7, 11) is -3.07. The van der Waals surface area contributed by atoms with Crippen LogP contribution in [0.4, 0.5) is 34.1 Å². The highest BCUT2D eigenvalue weighted by Crippen LogP contribution is 2.50. The minimum atomic E-state index is -3.07. The lowest BCUT2D eigenvalue weighted by Gasteiger charge is -2.51. The van der Waals surface area contributed by atoms with Gasteiger partial charge >= 0.3 is 0 Å². The fourth-order valence-corrected chi connectivity index (χ4v) is 18.2. The third-order valence-electron chi connectivity index (χ3n) is 15.4. The molecular weight excluding hydrogens is 879 g/mol. The molecule has 3 aliphatic heterocycles. The zero-order valence-electron chi connectivity index (χ0n) is 39.5. The molecule has 0 saturated carbocycles. The second-order valence-corrected chi connectivity index (χ2v) is 25.5. The summed E-state index contributed by atoms with van der Waals surface area (Å²) >= 11 is 7.55. The molecule has 0 saturated heterocycles. The number of nitrogens with zero attached hydrogens (tertiary/aromatic N) is 2. The summed E-state index contributed by atoms with van der Waals surface area (Å²) in [4.78, 5) is 4.95. The average molecular weight is 927 g/mol. The Kier molecular flexibility index (Phi) is 8.37. The number of fused-ring (bicyclic) bond motifs is 6. The molecule has 0 bridgehead atoms. The van der Waals surface area contributed by atoms with Crippen molar-refractivity contribution in [1.29, 1.82) is 0 Å². The van der Waals surface area contributed by atoms with Crippen molar-refractivity contribution in [2.45, 2.75) is 52.4 Å². The van der Waals surface area contributed by atoms with Crippen molar-refractivity contribution in [2.75, 3.05) is 9.80 Å². The van der Waals surface area contributed by atoms with E-state index in [4.69, 9.17) is 20.4 Å². The number of para-hydroxylation sites is 4. The van der Waals surface area contributed by atoms with Crippen LogP contribution in [0, 0.1) is 0 Å². The Morgan fingerprint density at radius 1 is 0.391 bits per heavy atom. The van der Waals surface area contributed by atoms with Gasteiger partial charge in [-0.3, -0.25) is 0 Å². The van der Waals surface area contributed by atoms with Gasteiger partial charge in [-0.1, -0.05) is 199 Å². The molecule has 4 nitrogen and oxygen atoms in total. The van der Waals surface area contributed by atoms with E-state index in [2.05, 4.69) is 233 Å². The minimum absolute atomic E-state index is 0.0880. The molecule has 0 amide bonds. The van der Waals surface area contributed by atoms with Crippen molar-refractivity contribution < 1.29 is 8.83 Å². The van der Waals surface area contributed by atoms with Crippen molar-refractivity contribution in [3.05, 3.63) is 198 Å². The summed E-state index contributed by atoms with van der Waals surface area (Å²) in [6, 6.07) is 67.7. The molecule has 0 N–H and O–H groups in total. The quantitative estimate of drug-likeness (QED) is 0.165. The van der Waals surface area contributed by atoms with E-state index in [-0.39, 0.29) is 17.5 Å². The first kappa shape index (κ1) is 40.8. The van der Waals surface area contributed by atoms with Gasteiger partial charge in [0.2, 0.25) is 0 Å². The first-order valence-electron chi connectivity index (χ1n) is 24.2. The highest BCUT2D eigenvalue weighted by Gasteiger charge is 2.56. The zero-order valence-corrected chi connectivity index (χ0v) is 41.2. The van der Waals surface area contributed by atoms with Crippen LogP contribution in [0.2, 0.25) is 5.02 Å². The standard InChI is InChI=1S/C62H48BClN2O2Si/c1-61(2,3)44-27-13-23-40-42-25-15-31-48(59(42)67-57(40)44)65-46-29-17-33-52-55(46)63-54-50(65)35-37(64)36-51(54)66(49-32-16-26-43-41-24-14-28-45(62(4,5)6)58(41)68-60(43)49)47-30-18-34-53(56(47)63)69(52,38-19-9-7-10-20-38)39-21-11-8-12-22-39/h7-36H,1-6H3. The van der Waals surface area contributed by atoms with Gasteiger partial charge in [-0.05, 0) is 84.4 Å². The Bertz CT molecular complexity index is 3720. The maximum absolute atomic E-state index is 7.55. The highest BCUT2D eigenvalue weighted by atomic mass is 35.5. The van der Waals surface area contributed by atoms with Crippen molar-refractivity contribution in [3.8, 4) is 0 Å². The van der Waals surface area contributed by atoms with Crippen LogP contribution in [0.1, 0.15) is 52.7 Å². The second-order valence-electron chi connectivity index (χ2n) is 21.3. The molecule has 0 radical (unpaired) electrons. The van der Waals surface area contributed by atoms with Gasteiger partial charge in [-0.15, -0.1) is 0 Å². The Morgan fingerprint density at radius 2 is 0.768 bits per heavy atom. The van der Waals surface area contributed by atoms with Gasteiger partial charge in [-0.25, -0.2) is 0 Å². The molecule has 14 rings (SSSR count). The molecule has 9 aromatic carbocycles. The van der Waals surface area contributed by atoms with Gasteiger partial charge in [0.05, 0.1) is 11.4 Å². The van der Waals surface area contributed by atoms with E-state index in [9.17, 15) is 0 Å². The van der Waals surface area contributed by atoms with E-state index in [1.54, 1.807) is 0 Å². The summed E-state index contributed by atoms with van der Waals surface area (Å²) in [6.07, 6.45) is 0. The predicted molar refractivity (Wildman–Crippen MR) is 295 cm³/mol. The molecule has 2 aromatic heterocycles. The molecule has 0 atom stereocenters. The molecule has 5 heterocycles. The maximum atomic E-state index is 7.55. The molecule has 0 aliphatic carbocycles. The number of hydrogen-bond acceptors (Lipinski definition) is 4. The molecule has 11 aromatic rings. The van der Waals surface area contributed by atoms with Crippen LogP contribution >= 0.6 is 11.6 Å². The van der Waals surface area contributed by atoms with E-state index in [0.29, 0.717) is 5.02 Å². The van der Waals surface area contributed by atoms with E-state index < -0.39 is 8.07 Å². The Morgan fingerprint density at radius 3 is 1.19 bits per heavy atom. The Balaban J connectivity index is 1.16. The normalized spacial score (nSPS) is 14.6. The summed E-state index contributed by atoms with van der Waals surface area (Å²) in [5.41, 5.74) is 16.0. The number of hydrogen-bond donors (Lipinski definition) is 0. The fourth-order valence-electron chi connectivity index (χ4n) is 12.7. The molecule has 69 heavy (non-hydrogen) atoms. The lowest BCUT2D eigenvalue weighted by atomic mass is 9.33. The smallest absolute Gasteiger partial charge is 0.251 e. The van der Waals surface area contributed by atoms with Crippen LogP contribution in [-0.4, -0.2) is 14.8 Å². The van der Waals surface area contributed by atoms with Gasteiger partial charge < -0.3 is 18.6 Å². The highest BCUT2D eigenvalue weighted by molar-refractivity contribution is 7.27. The number of halogens is 1. The molecule has 7 heteroatoms. The number of rotatable bonds is 4. The summed E-state index contributed by atoms with van der Waals surface area (Å²) in [6.45, 7) is 13.5. The number of furan rings is 2. The van der Waals surface area contributed by atoms with E-state index in [1.165, 1.54) is 48.3 Å². The molecule has 0 unspecified atom stereocenters. The van der Waals surface area contributed by atoms with Gasteiger partial charge in [0.15, 0.2) is 19.2 Å². The molecule has 0 spiro atoms. The number of anilines is 6. The van der Waals surface area contributed by atoms with Gasteiger partial charge in [-0.2, -0.15) is 0 Å². The number of benzene rings is 9. The molecule has 0 fully saturated rings. The van der Waals surface area contributed by atoms with Crippen molar-refractivity contribution in [1.82, 2.24) is 0 Å². The predicted octanol–water partition coefficient (Wildman–Crippen LogP) is 12.5. The maximum Gasteiger partial charge on any atom is 0.251 e. The zero-order chi connectivity index (χ0) is 46.7. The lowest BCUT2D eigenvalue weighted by Crippen LogP contribution is -2.88. The van der Waals surface area contributed by atoms with Crippen LogP contribution in [0.3, 0.4) is 0 Å². The van der Waals surface area contributed by atoms with Gasteiger partial charge in [0.1, 0.15) is 11.2 Å². The minimum Gasteiger partial charge on any atom is -0.454 e. The van der Waals surface area contributed by atoms with Crippen LogP contribution in [-0.2, 0) is 10.8 Å². The van der Waals surface area contributed by atoms with Crippen LogP contribution < -0.4 is 46.9 Å². The van der Waals surface area contributed by atoms with Gasteiger partial charge in [0, 0.05) is 60.4 Å². The second kappa shape index (κ2) is 14.2. The summed E-state index contributed by atoms with van der Waals surface area (Å²) in [5, 5.41) is 10.6. The van der Waals surface area contributed by atoms with Crippen LogP contribution in [0.25, 0.3) is 43.9 Å². The SMILES string of the molecule is CC(C)(C)c1cccc2c1oc1c(N3c4cc(Cl)cc5c4B4c6c3cccc6[Si](c3ccccc3)(c3ccccc3)c3cccc(c34)N5c3cccc4c3oc3c(C(C)(C)C)cccc34)cccc12. The topological polar surface area (TPSA) is 32.8 Å². The monoisotopic (exact) mass is 926 g/mol. The average Bonchev–Trinajstić information content (AvgIpc) is 3.93. The first-order valence-corrected chi connectivity index (χ1v) is 26.5. The molecular formula is C62H48BClN2O2Si. The third-order valence-corrected chi connectivity index (χ3v) is 20.5. The molecule has 3 aliphatic rings. The largest absolute Gasteiger partial charge is 0.454 e. The first-order chi connectivity index (χ1) is 33.4. The van der Waals surface area contributed by atoms with E-state index >= 15 is 0 Å². The third kappa shape index (κ3) is 5.42. The summed E-state index contributed by atoms with van der Waals surface area (Å²) in [5.74, 6) is 0. The van der Waals surface area contributed by atoms with E-state index in [1.807, 2.05) is 0 Å². The fraction of sp³-hybridized carbons (Fsp3) is 0.129. The van der Waals surface area contributed by atoms with E-state index in [0.717, 1.165) is 78.0 Å². The van der Waals surface area contributed by atoms with Gasteiger partial charge in [0.25, 0.3) is 6.71 Å². The van der Waals surface area contributed by atoms with Crippen LogP contribution in [0.15, 0.2) is 191 Å². The Labute approximate surface area is 408 Å². The van der Waals surface area contributed by atoms with Crippen molar-refractivity contribution in [3.63, 3.8) is 0 Å². The Hall–Kier alpha value is -7.25. The van der Waals surface area contributed by atoms with Crippen molar-refractivity contribution in [2.24, 2.45) is 0 Å². The van der Waals surface area contributed by atoms with Crippen LogP contribution in [0.5, 0.6) is 0 Å². The molecule has 332 valence electrons. The summed E-state index contributed by atoms with van der Waals surface area (Å²) < 4.78 is 14.5. The lowest BCUT2D eigenvalue weighted by molar-refractivity contribution is 0.572. The van der Waals surface area contributed by atoms with Crippen molar-refractivity contribution >= 4 is 142 Å².